The minimum atomic E-state index is -0.110. The van der Waals surface area contributed by atoms with Crippen LogP contribution in [0.4, 0.5) is 5.69 Å². The number of benzene rings is 1. The molecule has 26 heavy (non-hydrogen) atoms. The van der Waals surface area contributed by atoms with E-state index >= 15 is 0 Å². The number of rotatable bonds is 5. The highest BCUT2D eigenvalue weighted by molar-refractivity contribution is 6.05. The summed E-state index contributed by atoms with van der Waals surface area (Å²) >= 11 is 0. The summed E-state index contributed by atoms with van der Waals surface area (Å²) in [5, 5.41) is 2.98. The minimum Gasteiger partial charge on any atom is -0.424 e. The third kappa shape index (κ3) is 3.59. The highest BCUT2D eigenvalue weighted by Crippen LogP contribution is 2.25. The highest BCUT2D eigenvalue weighted by Gasteiger charge is 2.16. The van der Waals surface area contributed by atoms with E-state index in [1.165, 1.54) is 0 Å². The number of carbonyl (C=O) groups excluding carboxylic acids is 1. The SMILES string of the molecule is CCn1c(C)cc(C(=O)Nc2ccc(Oc3ncccn3)cc2C)c1C. The first-order valence-electron chi connectivity index (χ1n) is 8.53. The Bertz CT molecular complexity index is 932. The highest BCUT2D eigenvalue weighted by atomic mass is 16.5. The third-order valence-corrected chi connectivity index (χ3v) is 4.33. The molecule has 2 heterocycles. The lowest BCUT2D eigenvalue weighted by atomic mass is 10.1. The molecule has 0 spiro atoms. The molecular weight excluding hydrogens is 328 g/mol. The third-order valence-electron chi connectivity index (χ3n) is 4.33. The van der Waals surface area contributed by atoms with E-state index in [2.05, 4.69) is 26.8 Å². The number of carbonyl (C=O) groups is 1. The molecule has 0 aliphatic carbocycles. The molecule has 0 saturated carbocycles. The molecular formula is C20H22N4O2. The van der Waals surface area contributed by atoms with Crippen molar-refractivity contribution >= 4 is 11.6 Å². The predicted octanol–water partition coefficient (Wildman–Crippen LogP) is 4.27. The predicted molar refractivity (Wildman–Crippen MR) is 101 cm³/mol. The number of amides is 1. The number of nitrogens with one attached hydrogen (secondary N) is 1. The second-order valence-corrected chi connectivity index (χ2v) is 6.09. The number of anilines is 1. The van der Waals surface area contributed by atoms with E-state index in [-0.39, 0.29) is 11.9 Å². The van der Waals surface area contributed by atoms with Crippen LogP contribution in [0, 0.1) is 20.8 Å². The second-order valence-electron chi connectivity index (χ2n) is 6.09. The van der Waals surface area contributed by atoms with Crippen LogP contribution in [-0.4, -0.2) is 20.4 Å². The molecule has 2 aromatic heterocycles. The fourth-order valence-electron chi connectivity index (χ4n) is 2.99. The van der Waals surface area contributed by atoms with Crippen LogP contribution in [0.5, 0.6) is 11.8 Å². The lowest BCUT2D eigenvalue weighted by Crippen LogP contribution is -2.14. The van der Waals surface area contributed by atoms with Crippen molar-refractivity contribution in [1.82, 2.24) is 14.5 Å². The molecule has 1 N–H and O–H groups in total. The summed E-state index contributed by atoms with van der Waals surface area (Å²) in [5.41, 5.74) is 4.40. The van der Waals surface area contributed by atoms with Crippen molar-refractivity contribution in [3.63, 3.8) is 0 Å². The molecule has 0 bridgehead atoms. The van der Waals surface area contributed by atoms with E-state index in [9.17, 15) is 4.79 Å². The van der Waals surface area contributed by atoms with Gasteiger partial charge in [-0.15, -0.1) is 0 Å². The first-order valence-corrected chi connectivity index (χ1v) is 8.53. The molecule has 134 valence electrons. The Morgan fingerprint density at radius 1 is 1.15 bits per heavy atom. The van der Waals surface area contributed by atoms with Gasteiger partial charge in [-0.1, -0.05) is 0 Å². The van der Waals surface area contributed by atoms with Crippen LogP contribution in [0.2, 0.25) is 0 Å². The maximum Gasteiger partial charge on any atom is 0.321 e. The molecule has 0 aliphatic rings. The number of aryl methyl sites for hydroxylation is 2. The maximum absolute atomic E-state index is 12.7. The van der Waals surface area contributed by atoms with Gasteiger partial charge in [-0.05, 0) is 63.6 Å². The van der Waals surface area contributed by atoms with Crippen LogP contribution in [0.1, 0.15) is 34.2 Å². The van der Waals surface area contributed by atoms with E-state index in [0.717, 1.165) is 29.2 Å². The molecule has 3 aromatic rings. The summed E-state index contributed by atoms with van der Waals surface area (Å²) < 4.78 is 7.74. The Balaban J connectivity index is 1.77. The van der Waals surface area contributed by atoms with Gasteiger partial charge in [-0.2, -0.15) is 0 Å². The van der Waals surface area contributed by atoms with Gasteiger partial charge in [0, 0.05) is 36.0 Å². The first kappa shape index (κ1) is 17.7. The van der Waals surface area contributed by atoms with E-state index in [1.54, 1.807) is 24.5 Å². The summed E-state index contributed by atoms with van der Waals surface area (Å²) in [4.78, 5) is 20.7. The van der Waals surface area contributed by atoms with E-state index in [1.807, 2.05) is 39.0 Å². The zero-order chi connectivity index (χ0) is 18.7. The van der Waals surface area contributed by atoms with Crippen molar-refractivity contribution in [3.8, 4) is 11.8 Å². The lowest BCUT2D eigenvalue weighted by Gasteiger charge is -2.11. The molecule has 0 atom stereocenters. The zero-order valence-electron chi connectivity index (χ0n) is 15.4. The fourth-order valence-corrected chi connectivity index (χ4v) is 2.99. The van der Waals surface area contributed by atoms with Crippen LogP contribution in [0.25, 0.3) is 0 Å². The first-order chi connectivity index (χ1) is 12.5. The van der Waals surface area contributed by atoms with Crippen LogP contribution in [-0.2, 0) is 6.54 Å². The van der Waals surface area contributed by atoms with Crippen molar-refractivity contribution < 1.29 is 9.53 Å². The van der Waals surface area contributed by atoms with Crippen LogP contribution < -0.4 is 10.1 Å². The summed E-state index contributed by atoms with van der Waals surface area (Å²) in [6, 6.07) is 9.40. The molecule has 1 aromatic carbocycles. The molecule has 6 heteroatoms. The molecule has 0 radical (unpaired) electrons. The standard InChI is InChI=1S/C20H22N4O2/c1-5-24-14(3)12-17(15(24)4)19(25)23-18-8-7-16(11-13(18)2)26-20-21-9-6-10-22-20/h6-12H,5H2,1-4H3,(H,23,25). The Kier molecular flexibility index (Phi) is 5.02. The van der Waals surface area contributed by atoms with E-state index in [0.29, 0.717) is 11.3 Å². The van der Waals surface area contributed by atoms with Gasteiger partial charge in [-0.25, -0.2) is 9.97 Å². The van der Waals surface area contributed by atoms with Crippen molar-refractivity contribution in [3.05, 3.63) is 65.2 Å². The minimum absolute atomic E-state index is 0.110. The smallest absolute Gasteiger partial charge is 0.321 e. The van der Waals surface area contributed by atoms with E-state index < -0.39 is 0 Å². The number of nitrogens with zero attached hydrogens (tertiary/aromatic N) is 3. The average Bonchev–Trinajstić information content (AvgIpc) is 2.92. The van der Waals surface area contributed by atoms with Gasteiger partial charge >= 0.3 is 6.01 Å². The molecule has 3 rings (SSSR count). The quantitative estimate of drug-likeness (QED) is 0.746. The topological polar surface area (TPSA) is 69.0 Å². The Morgan fingerprint density at radius 2 is 1.88 bits per heavy atom. The molecule has 0 unspecified atom stereocenters. The summed E-state index contributed by atoms with van der Waals surface area (Å²) in [6.45, 7) is 8.81. The van der Waals surface area contributed by atoms with Gasteiger partial charge in [0.15, 0.2) is 0 Å². The van der Waals surface area contributed by atoms with Gasteiger partial charge < -0.3 is 14.6 Å². The van der Waals surface area contributed by atoms with Crippen molar-refractivity contribution in [2.24, 2.45) is 0 Å². The lowest BCUT2D eigenvalue weighted by molar-refractivity contribution is 0.102. The van der Waals surface area contributed by atoms with Gasteiger partial charge in [0.05, 0.1) is 5.56 Å². The van der Waals surface area contributed by atoms with Crippen LogP contribution in [0.15, 0.2) is 42.7 Å². The van der Waals surface area contributed by atoms with Gasteiger partial charge in [0.2, 0.25) is 0 Å². The Hall–Kier alpha value is -3.15. The van der Waals surface area contributed by atoms with E-state index in [4.69, 9.17) is 4.74 Å². The van der Waals surface area contributed by atoms with Gasteiger partial charge in [0.1, 0.15) is 5.75 Å². The van der Waals surface area contributed by atoms with Crippen molar-refractivity contribution in [2.75, 3.05) is 5.32 Å². The Labute approximate surface area is 152 Å². The number of hydrogen-bond acceptors (Lipinski definition) is 4. The molecule has 0 saturated heterocycles. The number of ether oxygens (including phenoxy) is 1. The second kappa shape index (κ2) is 7.39. The fraction of sp³-hybridized carbons (Fsp3) is 0.250. The van der Waals surface area contributed by atoms with Gasteiger partial charge in [-0.3, -0.25) is 4.79 Å². The maximum atomic E-state index is 12.7. The molecule has 6 nitrogen and oxygen atoms in total. The molecule has 1 amide bonds. The summed E-state index contributed by atoms with van der Waals surface area (Å²) in [6.07, 6.45) is 3.24. The summed E-state index contributed by atoms with van der Waals surface area (Å²) in [7, 11) is 0. The van der Waals surface area contributed by atoms with Crippen molar-refractivity contribution in [2.45, 2.75) is 34.2 Å². The average molecular weight is 350 g/mol. The van der Waals surface area contributed by atoms with Crippen LogP contribution in [0.3, 0.4) is 0 Å². The molecule has 0 fully saturated rings. The monoisotopic (exact) mass is 350 g/mol. The molecule has 0 aliphatic heterocycles. The van der Waals surface area contributed by atoms with Gasteiger partial charge in [0.25, 0.3) is 5.91 Å². The zero-order valence-corrected chi connectivity index (χ0v) is 15.4. The summed E-state index contributed by atoms with van der Waals surface area (Å²) in [5.74, 6) is 0.511. The number of hydrogen-bond donors (Lipinski definition) is 1. The Morgan fingerprint density at radius 3 is 2.50 bits per heavy atom. The number of aromatic nitrogens is 3. The van der Waals surface area contributed by atoms with Crippen molar-refractivity contribution in [1.29, 1.82) is 0 Å². The largest absolute Gasteiger partial charge is 0.424 e. The normalized spacial score (nSPS) is 10.6. The van der Waals surface area contributed by atoms with Crippen LogP contribution >= 0.6 is 0 Å².